The Morgan fingerprint density at radius 3 is 2.59 bits per heavy atom. The van der Waals surface area contributed by atoms with E-state index in [-0.39, 0.29) is 6.04 Å². The summed E-state index contributed by atoms with van der Waals surface area (Å²) in [6.45, 7) is 8.11. The highest BCUT2D eigenvalue weighted by molar-refractivity contribution is 5.80. The maximum absolute atomic E-state index is 5.52. The monoisotopic (exact) mass is 400 g/mol. The van der Waals surface area contributed by atoms with E-state index in [1.807, 2.05) is 37.3 Å². The second-order valence-electron chi connectivity index (χ2n) is 6.52. The van der Waals surface area contributed by atoms with Gasteiger partial charge in [0.05, 0.1) is 33.4 Å². The highest BCUT2D eigenvalue weighted by Gasteiger charge is 2.14. The molecule has 158 valence electrons. The summed E-state index contributed by atoms with van der Waals surface area (Å²) in [5.74, 6) is 2.95. The highest BCUT2D eigenvalue weighted by Crippen LogP contribution is 2.29. The predicted molar refractivity (Wildman–Crippen MR) is 116 cm³/mol. The van der Waals surface area contributed by atoms with Gasteiger partial charge in [-0.1, -0.05) is 13.0 Å². The summed E-state index contributed by atoms with van der Waals surface area (Å²) in [6, 6.07) is 9.60. The maximum atomic E-state index is 5.52. The van der Waals surface area contributed by atoms with E-state index in [2.05, 4.69) is 34.5 Å². The predicted octanol–water partition coefficient (Wildman–Crippen LogP) is 3.70. The number of guanidine groups is 1. The van der Waals surface area contributed by atoms with Crippen molar-refractivity contribution in [2.75, 3.05) is 27.4 Å². The van der Waals surface area contributed by atoms with Crippen molar-refractivity contribution in [1.29, 1.82) is 0 Å². The average Bonchev–Trinajstić information content (AvgIpc) is 2.76. The quantitative estimate of drug-likeness (QED) is 0.468. The lowest BCUT2D eigenvalue weighted by molar-refractivity contribution is 0.305. The van der Waals surface area contributed by atoms with E-state index in [0.29, 0.717) is 19.0 Å². The third kappa shape index (κ3) is 6.85. The molecular formula is C22H32N4O3. The lowest BCUT2D eigenvalue weighted by Crippen LogP contribution is -2.38. The first kappa shape index (κ1) is 22.3. The molecule has 1 heterocycles. The van der Waals surface area contributed by atoms with Crippen LogP contribution in [0.2, 0.25) is 0 Å². The van der Waals surface area contributed by atoms with Crippen molar-refractivity contribution in [3.63, 3.8) is 0 Å². The Hall–Kier alpha value is -2.96. The first-order chi connectivity index (χ1) is 14.1. The Labute approximate surface area is 173 Å². The molecular weight excluding hydrogens is 368 g/mol. The molecule has 0 saturated carbocycles. The molecule has 7 heteroatoms. The number of aromatic nitrogens is 1. The Morgan fingerprint density at radius 2 is 1.97 bits per heavy atom. The lowest BCUT2D eigenvalue weighted by Gasteiger charge is -2.20. The van der Waals surface area contributed by atoms with Gasteiger partial charge in [0.15, 0.2) is 5.96 Å². The van der Waals surface area contributed by atoms with Crippen molar-refractivity contribution in [1.82, 2.24) is 15.6 Å². The number of ether oxygens (including phenoxy) is 3. The molecule has 0 bridgehead atoms. The number of pyridine rings is 1. The summed E-state index contributed by atoms with van der Waals surface area (Å²) >= 11 is 0. The zero-order chi connectivity index (χ0) is 21.1. The van der Waals surface area contributed by atoms with Gasteiger partial charge < -0.3 is 24.8 Å². The first-order valence-electron chi connectivity index (χ1n) is 9.95. The van der Waals surface area contributed by atoms with Crippen molar-refractivity contribution in [2.45, 2.75) is 39.8 Å². The number of methoxy groups -OCH3 is 2. The van der Waals surface area contributed by atoms with Gasteiger partial charge in [-0.25, -0.2) is 9.98 Å². The van der Waals surface area contributed by atoms with Gasteiger partial charge >= 0.3 is 0 Å². The summed E-state index contributed by atoms with van der Waals surface area (Å²) in [6.07, 6.45) is 2.76. The first-order valence-corrected chi connectivity index (χ1v) is 9.95. The number of nitrogens with zero attached hydrogens (tertiary/aromatic N) is 2. The zero-order valence-electron chi connectivity index (χ0n) is 18.0. The van der Waals surface area contributed by atoms with E-state index >= 15 is 0 Å². The van der Waals surface area contributed by atoms with Gasteiger partial charge in [-0.15, -0.1) is 0 Å². The molecule has 0 radical (unpaired) electrons. The summed E-state index contributed by atoms with van der Waals surface area (Å²) in [7, 11) is 3.32. The van der Waals surface area contributed by atoms with Crippen LogP contribution in [0.25, 0.3) is 0 Å². The molecule has 0 saturated heterocycles. The summed E-state index contributed by atoms with van der Waals surface area (Å²) in [4.78, 5) is 9.01. The van der Waals surface area contributed by atoms with Crippen LogP contribution in [0.15, 0.2) is 41.5 Å². The van der Waals surface area contributed by atoms with Gasteiger partial charge in [0.25, 0.3) is 0 Å². The van der Waals surface area contributed by atoms with E-state index in [4.69, 9.17) is 14.2 Å². The van der Waals surface area contributed by atoms with Gasteiger partial charge in [0.1, 0.15) is 11.5 Å². The molecule has 7 nitrogen and oxygen atoms in total. The van der Waals surface area contributed by atoms with E-state index in [9.17, 15) is 0 Å². The second kappa shape index (κ2) is 11.8. The van der Waals surface area contributed by atoms with Crippen LogP contribution in [-0.4, -0.2) is 38.3 Å². The van der Waals surface area contributed by atoms with Crippen LogP contribution in [0.4, 0.5) is 0 Å². The largest absolute Gasteiger partial charge is 0.497 e. The van der Waals surface area contributed by atoms with Gasteiger partial charge in [0.2, 0.25) is 5.88 Å². The molecule has 0 fully saturated rings. The fourth-order valence-corrected chi connectivity index (χ4v) is 2.75. The number of aliphatic imine (C=N–C) groups is 1. The summed E-state index contributed by atoms with van der Waals surface area (Å²) in [5, 5.41) is 6.71. The fraction of sp³-hybridized carbons (Fsp3) is 0.455. The Morgan fingerprint density at radius 1 is 1.14 bits per heavy atom. The van der Waals surface area contributed by atoms with Crippen LogP contribution in [0.3, 0.4) is 0 Å². The molecule has 1 unspecified atom stereocenters. The standard InChI is InChI=1S/C22H32N4O3/c1-6-12-29-21-11-8-17(14-24-21)15-25-22(23-7-2)26-16(3)19-13-18(27-4)9-10-20(19)28-5/h8-11,13-14,16H,6-7,12,15H2,1-5H3,(H2,23,25,26). The number of hydrogen-bond acceptors (Lipinski definition) is 5. The molecule has 0 aliphatic carbocycles. The molecule has 0 spiro atoms. The van der Waals surface area contributed by atoms with Crippen LogP contribution in [0.5, 0.6) is 17.4 Å². The van der Waals surface area contributed by atoms with Crippen LogP contribution in [0, 0.1) is 0 Å². The van der Waals surface area contributed by atoms with Crippen molar-refractivity contribution in [2.24, 2.45) is 4.99 Å². The minimum absolute atomic E-state index is 0.0270. The molecule has 2 rings (SSSR count). The van der Waals surface area contributed by atoms with Crippen LogP contribution >= 0.6 is 0 Å². The van der Waals surface area contributed by atoms with Gasteiger partial charge in [-0.2, -0.15) is 0 Å². The molecule has 0 amide bonds. The smallest absolute Gasteiger partial charge is 0.213 e. The Bertz CT molecular complexity index is 778. The van der Waals surface area contributed by atoms with Gasteiger partial charge in [-0.3, -0.25) is 0 Å². The molecule has 2 N–H and O–H groups in total. The van der Waals surface area contributed by atoms with E-state index in [1.54, 1.807) is 20.4 Å². The Kier molecular flexibility index (Phi) is 9.08. The highest BCUT2D eigenvalue weighted by atomic mass is 16.5. The molecule has 0 aliphatic rings. The summed E-state index contributed by atoms with van der Waals surface area (Å²) < 4.78 is 16.4. The van der Waals surface area contributed by atoms with Crippen molar-refractivity contribution >= 4 is 5.96 Å². The van der Waals surface area contributed by atoms with Crippen molar-refractivity contribution in [3.8, 4) is 17.4 Å². The van der Waals surface area contributed by atoms with Crippen molar-refractivity contribution < 1.29 is 14.2 Å². The minimum atomic E-state index is -0.0270. The van der Waals surface area contributed by atoms with Crippen LogP contribution < -0.4 is 24.8 Å². The average molecular weight is 401 g/mol. The fourth-order valence-electron chi connectivity index (χ4n) is 2.75. The number of benzene rings is 1. The Balaban J connectivity index is 2.08. The number of rotatable bonds is 10. The minimum Gasteiger partial charge on any atom is -0.497 e. The summed E-state index contributed by atoms with van der Waals surface area (Å²) in [5.41, 5.74) is 2.01. The SMILES string of the molecule is CCCOc1ccc(CN=C(NCC)NC(C)c2cc(OC)ccc2OC)cn1. The third-order valence-corrected chi connectivity index (χ3v) is 4.27. The topological polar surface area (TPSA) is 77.0 Å². The van der Waals surface area contributed by atoms with E-state index < -0.39 is 0 Å². The zero-order valence-corrected chi connectivity index (χ0v) is 18.0. The lowest BCUT2D eigenvalue weighted by atomic mass is 10.1. The van der Waals surface area contributed by atoms with Gasteiger partial charge in [0, 0.05) is 24.4 Å². The molecule has 1 aromatic heterocycles. The van der Waals surface area contributed by atoms with Crippen LogP contribution in [0.1, 0.15) is 44.4 Å². The normalized spacial score (nSPS) is 12.2. The van der Waals surface area contributed by atoms with Gasteiger partial charge in [-0.05, 0) is 44.0 Å². The molecule has 29 heavy (non-hydrogen) atoms. The van der Waals surface area contributed by atoms with E-state index in [0.717, 1.165) is 41.6 Å². The number of hydrogen-bond donors (Lipinski definition) is 2. The third-order valence-electron chi connectivity index (χ3n) is 4.27. The second-order valence-corrected chi connectivity index (χ2v) is 6.52. The number of nitrogens with one attached hydrogen (secondary N) is 2. The molecule has 1 atom stereocenters. The maximum Gasteiger partial charge on any atom is 0.213 e. The molecule has 2 aromatic rings. The van der Waals surface area contributed by atoms with Crippen molar-refractivity contribution in [3.05, 3.63) is 47.7 Å². The molecule has 1 aromatic carbocycles. The van der Waals surface area contributed by atoms with E-state index in [1.165, 1.54) is 0 Å². The van der Waals surface area contributed by atoms with Crippen LogP contribution in [-0.2, 0) is 6.54 Å². The molecule has 0 aliphatic heterocycles.